The number of hydrogen-bond donors (Lipinski definition) is 1. The number of ether oxygens (including phenoxy) is 1. The van der Waals surface area contributed by atoms with Crippen molar-refractivity contribution < 1.29 is 17.9 Å². The van der Waals surface area contributed by atoms with Crippen LogP contribution < -0.4 is 4.90 Å². The molecular weight excluding hydrogens is 443 g/mol. The van der Waals surface area contributed by atoms with Gasteiger partial charge < -0.3 is 9.64 Å². The molecule has 6 nitrogen and oxygen atoms in total. The number of benzene rings is 1. The van der Waals surface area contributed by atoms with Crippen molar-refractivity contribution in [2.75, 3.05) is 31.2 Å². The first-order valence-electron chi connectivity index (χ1n) is 10.3. The molecule has 1 spiro atoms. The second-order valence-electron chi connectivity index (χ2n) is 8.18. The minimum absolute atomic E-state index is 0.0640. The molecule has 0 atom stereocenters. The molecule has 3 aromatic rings. The third kappa shape index (κ3) is 3.78. The fourth-order valence-electron chi connectivity index (χ4n) is 4.32. The molecule has 2 saturated heterocycles. The van der Waals surface area contributed by atoms with Gasteiger partial charge in [-0.15, -0.1) is 0 Å². The lowest BCUT2D eigenvalue weighted by Gasteiger charge is -2.39. The Balaban J connectivity index is 1.45. The topological polar surface area (TPSA) is 66.9 Å². The van der Waals surface area contributed by atoms with E-state index in [0.717, 1.165) is 57.7 Å². The van der Waals surface area contributed by atoms with E-state index >= 15 is 0 Å². The van der Waals surface area contributed by atoms with E-state index in [1.165, 1.54) is 0 Å². The van der Waals surface area contributed by atoms with Crippen LogP contribution in [0.2, 0.25) is 5.02 Å². The summed E-state index contributed by atoms with van der Waals surface area (Å²) in [5.41, 5.74) is 0.684. The van der Waals surface area contributed by atoms with E-state index in [2.05, 4.69) is 32.0 Å². The molecule has 1 aromatic carbocycles. The second-order valence-corrected chi connectivity index (χ2v) is 8.62. The van der Waals surface area contributed by atoms with Gasteiger partial charge in [-0.1, -0.05) is 17.5 Å². The quantitative estimate of drug-likeness (QED) is 0.580. The summed E-state index contributed by atoms with van der Waals surface area (Å²) < 4.78 is 47.4. The van der Waals surface area contributed by atoms with Crippen molar-refractivity contribution in [3.05, 3.63) is 45.7 Å². The summed E-state index contributed by atoms with van der Waals surface area (Å²) in [7, 11) is 0. The molecule has 5 rings (SSSR count). The largest absolute Gasteiger partial charge is 0.381 e. The van der Waals surface area contributed by atoms with Crippen LogP contribution in [-0.2, 0) is 11.4 Å². The Morgan fingerprint density at radius 2 is 1.88 bits per heavy atom. The highest BCUT2D eigenvalue weighted by atomic mass is 35.5. The molecule has 0 radical (unpaired) electrons. The van der Waals surface area contributed by atoms with Crippen LogP contribution in [0.25, 0.3) is 11.2 Å². The van der Waals surface area contributed by atoms with Crippen molar-refractivity contribution >= 4 is 28.6 Å². The van der Waals surface area contributed by atoms with Crippen LogP contribution in [0.15, 0.2) is 12.1 Å². The highest BCUT2D eigenvalue weighted by molar-refractivity contribution is 6.30. The van der Waals surface area contributed by atoms with Crippen LogP contribution in [0, 0.1) is 28.9 Å². The summed E-state index contributed by atoms with van der Waals surface area (Å²) in [5, 5.41) is 6.73. The fraction of sp³-hybridized carbons (Fsp3) is 0.409. The van der Waals surface area contributed by atoms with Crippen LogP contribution in [0.3, 0.4) is 0 Å². The second kappa shape index (κ2) is 8.26. The van der Waals surface area contributed by atoms with Gasteiger partial charge in [0.25, 0.3) is 0 Å². The Morgan fingerprint density at radius 3 is 2.53 bits per heavy atom. The number of piperidine rings is 1. The van der Waals surface area contributed by atoms with E-state index < -0.39 is 23.9 Å². The molecule has 10 heteroatoms. The van der Waals surface area contributed by atoms with Crippen molar-refractivity contribution in [2.24, 2.45) is 5.41 Å². The molecule has 166 valence electrons. The number of nitrogens with zero attached hydrogens (tertiary/aromatic N) is 4. The maximum Gasteiger partial charge on any atom is 0.177 e. The summed E-state index contributed by atoms with van der Waals surface area (Å²) in [4.78, 5) is 11.0. The van der Waals surface area contributed by atoms with Gasteiger partial charge in [0, 0.05) is 24.7 Å². The molecule has 0 bridgehead atoms. The average Bonchev–Trinajstić information content (AvgIpc) is 3.39. The normalized spacial score (nSPS) is 17.7. The zero-order chi connectivity index (χ0) is 22.3. The van der Waals surface area contributed by atoms with Gasteiger partial charge in [-0.05, 0) is 42.7 Å². The van der Waals surface area contributed by atoms with Gasteiger partial charge in [0.2, 0.25) is 0 Å². The third-order valence-electron chi connectivity index (χ3n) is 6.19. The van der Waals surface area contributed by atoms with E-state index in [0.29, 0.717) is 11.5 Å². The SMILES string of the molecule is FCc1nc2c(C#Cc3c(F)cc(Cl)cc3F)n[nH]c2nc1N1CCC2(CCOC2)CC1. The molecule has 2 aliphatic heterocycles. The molecule has 4 heterocycles. The maximum absolute atomic E-state index is 14.0. The number of anilines is 1. The molecule has 2 aliphatic rings. The van der Waals surface area contributed by atoms with Gasteiger partial charge >= 0.3 is 0 Å². The van der Waals surface area contributed by atoms with Gasteiger partial charge in [-0.3, -0.25) is 5.10 Å². The smallest absolute Gasteiger partial charge is 0.177 e. The molecular formula is C22H19ClF3N5O. The first-order valence-corrected chi connectivity index (χ1v) is 10.7. The summed E-state index contributed by atoms with van der Waals surface area (Å²) >= 11 is 5.64. The summed E-state index contributed by atoms with van der Waals surface area (Å²) in [6.45, 7) is 2.25. The van der Waals surface area contributed by atoms with Crippen molar-refractivity contribution in [1.29, 1.82) is 0 Å². The van der Waals surface area contributed by atoms with Gasteiger partial charge in [-0.25, -0.2) is 23.1 Å². The van der Waals surface area contributed by atoms with Crippen molar-refractivity contribution in [3.63, 3.8) is 0 Å². The molecule has 2 fully saturated rings. The van der Waals surface area contributed by atoms with E-state index in [1.54, 1.807) is 0 Å². The monoisotopic (exact) mass is 461 g/mol. The highest BCUT2D eigenvalue weighted by Gasteiger charge is 2.38. The van der Waals surface area contributed by atoms with Crippen LogP contribution in [-0.4, -0.2) is 46.5 Å². The van der Waals surface area contributed by atoms with Crippen molar-refractivity contribution in [2.45, 2.75) is 25.9 Å². The van der Waals surface area contributed by atoms with E-state index in [4.69, 9.17) is 16.3 Å². The number of halogens is 4. The summed E-state index contributed by atoms with van der Waals surface area (Å²) in [6, 6.07) is 1.95. The molecule has 32 heavy (non-hydrogen) atoms. The number of nitrogens with one attached hydrogen (secondary N) is 1. The number of alkyl halides is 1. The molecule has 0 unspecified atom stereocenters. The molecule has 0 amide bonds. The maximum atomic E-state index is 14.0. The van der Waals surface area contributed by atoms with Crippen molar-refractivity contribution in [3.8, 4) is 11.8 Å². The van der Waals surface area contributed by atoms with Gasteiger partial charge in [-0.2, -0.15) is 5.10 Å². The number of aromatic nitrogens is 4. The van der Waals surface area contributed by atoms with Crippen LogP contribution in [0.1, 0.15) is 36.2 Å². The van der Waals surface area contributed by atoms with E-state index in [9.17, 15) is 13.2 Å². The standard InChI is InChI=1S/C22H19ClF3N5O/c23-13-9-15(25)14(16(26)10-13)1-2-17-19-20(30-29-17)28-21(18(11-24)27-19)31-6-3-22(4-7-31)5-8-32-12-22/h9-10H,3-8,11-12H2,(H,28,29,30). The number of rotatable bonds is 2. The zero-order valence-corrected chi connectivity index (χ0v) is 17.8. The van der Waals surface area contributed by atoms with Gasteiger partial charge in [0.1, 0.15) is 29.5 Å². The number of H-pyrrole nitrogens is 1. The third-order valence-corrected chi connectivity index (χ3v) is 6.41. The van der Waals surface area contributed by atoms with Crippen LogP contribution >= 0.6 is 11.6 Å². The number of aromatic amines is 1. The van der Waals surface area contributed by atoms with Gasteiger partial charge in [0.05, 0.1) is 12.2 Å². The van der Waals surface area contributed by atoms with E-state index in [1.807, 2.05) is 4.90 Å². The molecule has 0 saturated carbocycles. The van der Waals surface area contributed by atoms with Crippen LogP contribution in [0.5, 0.6) is 0 Å². The predicted molar refractivity (Wildman–Crippen MR) is 113 cm³/mol. The fourth-order valence-corrected chi connectivity index (χ4v) is 4.51. The molecule has 1 N–H and O–H groups in total. The lowest BCUT2D eigenvalue weighted by atomic mass is 9.78. The first kappa shape index (κ1) is 21.0. The summed E-state index contributed by atoms with van der Waals surface area (Å²) in [6.07, 6.45) is 2.96. The van der Waals surface area contributed by atoms with E-state index in [-0.39, 0.29) is 27.3 Å². The predicted octanol–water partition coefficient (Wildman–Crippen LogP) is 4.16. The summed E-state index contributed by atoms with van der Waals surface area (Å²) in [5.74, 6) is 3.74. The zero-order valence-electron chi connectivity index (χ0n) is 17.0. The van der Waals surface area contributed by atoms with Crippen molar-refractivity contribution in [1.82, 2.24) is 20.2 Å². The Bertz CT molecular complexity index is 1210. The lowest BCUT2D eigenvalue weighted by Crippen LogP contribution is -2.41. The lowest BCUT2D eigenvalue weighted by molar-refractivity contribution is 0.133. The Morgan fingerprint density at radius 1 is 1.12 bits per heavy atom. The Labute approximate surface area is 187 Å². The molecule has 2 aromatic heterocycles. The Hall–Kier alpha value is -2.83. The number of hydrogen-bond acceptors (Lipinski definition) is 5. The minimum atomic E-state index is -0.879. The van der Waals surface area contributed by atoms with Gasteiger partial charge in [0.15, 0.2) is 17.2 Å². The minimum Gasteiger partial charge on any atom is -0.381 e. The highest BCUT2D eigenvalue weighted by Crippen LogP contribution is 2.40. The number of fused-ring (bicyclic) bond motifs is 1. The van der Waals surface area contributed by atoms with Crippen LogP contribution in [0.4, 0.5) is 19.0 Å². The average molecular weight is 462 g/mol. The Kier molecular flexibility index (Phi) is 5.43. The molecule has 0 aliphatic carbocycles. The first-order chi connectivity index (χ1) is 15.5.